The van der Waals surface area contributed by atoms with Crippen LogP contribution in [0.5, 0.6) is 0 Å². The molecule has 1 heterocycles. The number of fused-ring (bicyclic) bond motifs is 1. The first-order valence-electron chi connectivity index (χ1n) is 4.25. The van der Waals surface area contributed by atoms with Crippen molar-refractivity contribution in [2.75, 3.05) is 5.32 Å². The van der Waals surface area contributed by atoms with Crippen molar-refractivity contribution in [1.29, 1.82) is 0 Å². The van der Waals surface area contributed by atoms with Crippen molar-refractivity contribution in [2.45, 2.75) is 19.0 Å². The van der Waals surface area contributed by atoms with Crippen LogP contribution in [-0.2, 0) is 6.42 Å². The van der Waals surface area contributed by atoms with Crippen LogP contribution in [0.15, 0.2) is 24.3 Å². The van der Waals surface area contributed by atoms with Gasteiger partial charge in [-0.15, -0.1) is 0 Å². The van der Waals surface area contributed by atoms with E-state index in [-0.39, 0.29) is 4.92 Å². The van der Waals surface area contributed by atoms with Crippen molar-refractivity contribution in [3.05, 3.63) is 39.9 Å². The summed E-state index contributed by atoms with van der Waals surface area (Å²) in [5.41, 5.74) is 2.07. The number of aryl methyl sites for hydroxylation is 1. The van der Waals surface area contributed by atoms with E-state index in [9.17, 15) is 10.1 Å². The molecular weight excluding hydrogens is 168 g/mol. The summed E-state index contributed by atoms with van der Waals surface area (Å²) in [6, 6.07) is 7.71. The number of hydrogen-bond acceptors (Lipinski definition) is 3. The minimum absolute atomic E-state index is 0.268. The van der Waals surface area contributed by atoms with Crippen molar-refractivity contribution < 1.29 is 4.92 Å². The van der Waals surface area contributed by atoms with Gasteiger partial charge in [-0.25, -0.2) is 0 Å². The van der Waals surface area contributed by atoms with E-state index in [2.05, 4.69) is 5.32 Å². The lowest BCUT2D eigenvalue weighted by Gasteiger charge is -2.20. The Balaban J connectivity index is 2.24. The standard InChI is InChI=1S/C9H10N2O2/c12-11(13)9-6-5-7-3-1-2-4-8(7)10-9/h1-4,9-10H,5-6H2. The van der Waals surface area contributed by atoms with Gasteiger partial charge >= 0.3 is 0 Å². The van der Waals surface area contributed by atoms with Crippen molar-refractivity contribution in [1.82, 2.24) is 0 Å². The van der Waals surface area contributed by atoms with Crippen LogP contribution in [0.25, 0.3) is 0 Å². The predicted octanol–water partition coefficient (Wildman–Crippen LogP) is 1.65. The van der Waals surface area contributed by atoms with Crippen LogP contribution in [-0.4, -0.2) is 11.1 Å². The minimum atomic E-state index is -0.616. The molecule has 2 rings (SSSR count). The second-order valence-corrected chi connectivity index (χ2v) is 3.14. The van der Waals surface area contributed by atoms with E-state index >= 15 is 0 Å². The monoisotopic (exact) mass is 178 g/mol. The van der Waals surface area contributed by atoms with E-state index < -0.39 is 6.17 Å². The Hall–Kier alpha value is -1.58. The Morgan fingerprint density at radius 3 is 3.00 bits per heavy atom. The number of nitro groups is 1. The van der Waals surface area contributed by atoms with E-state index in [0.717, 1.165) is 12.1 Å². The molecule has 1 atom stereocenters. The number of nitrogens with zero attached hydrogens (tertiary/aromatic N) is 1. The van der Waals surface area contributed by atoms with Crippen molar-refractivity contribution in [2.24, 2.45) is 0 Å². The summed E-state index contributed by atoms with van der Waals surface area (Å²) in [5.74, 6) is 0. The van der Waals surface area contributed by atoms with E-state index in [4.69, 9.17) is 0 Å². The fourth-order valence-corrected chi connectivity index (χ4v) is 1.58. The van der Waals surface area contributed by atoms with Crippen LogP contribution in [0, 0.1) is 10.1 Å². The lowest BCUT2D eigenvalue weighted by atomic mass is 10.0. The average molecular weight is 178 g/mol. The Labute approximate surface area is 75.7 Å². The SMILES string of the molecule is O=[N+]([O-])C1CCc2ccccc2N1. The minimum Gasteiger partial charge on any atom is -0.323 e. The summed E-state index contributed by atoms with van der Waals surface area (Å²) < 4.78 is 0. The molecule has 4 nitrogen and oxygen atoms in total. The van der Waals surface area contributed by atoms with Crippen LogP contribution in [0.3, 0.4) is 0 Å². The fraction of sp³-hybridized carbons (Fsp3) is 0.333. The van der Waals surface area contributed by atoms with E-state index in [0.29, 0.717) is 6.42 Å². The number of anilines is 1. The Kier molecular flexibility index (Phi) is 1.88. The topological polar surface area (TPSA) is 55.2 Å². The van der Waals surface area contributed by atoms with Gasteiger partial charge in [0, 0.05) is 17.0 Å². The smallest absolute Gasteiger partial charge is 0.285 e. The zero-order chi connectivity index (χ0) is 9.26. The Morgan fingerprint density at radius 2 is 2.23 bits per heavy atom. The Bertz CT molecular complexity index is 338. The first kappa shape index (κ1) is 8.04. The first-order chi connectivity index (χ1) is 6.27. The molecule has 0 aromatic heterocycles. The number of benzene rings is 1. The largest absolute Gasteiger partial charge is 0.323 e. The van der Waals surface area contributed by atoms with Crippen molar-refractivity contribution in [3.8, 4) is 0 Å². The van der Waals surface area contributed by atoms with E-state index in [1.807, 2.05) is 24.3 Å². The molecule has 0 aliphatic carbocycles. The van der Waals surface area contributed by atoms with Gasteiger partial charge in [0.2, 0.25) is 0 Å². The van der Waals surface area contributed by atoms with E-state index in [1.54, 1.807) is 0 Å². The molecule has 1 aliphatic rings. The van der Waals surface area contributed by atoms with Crippen LogP contribution in [0.4, 0.5) is 5.69 Å². The molecule has 13 heavy (non-hydrogen) atoms. The Morgan fingerprint density at radius 1 is 1.46 bits per heavy atom. The van der Waals surface area contributed by atoms with Gasteiger partial charge in [0.25, 0.3) is 6.17 Å². The molecule has 1 aromatic rings. The van der Waals surface area contributed by atoms with Gasteiger partial charge in [0.1, 0.15) is 0 Å². The maximum Gasteiger partial charge on any atom is 0.285 e. The summed E-state index contributed by atoms with van der Waals surface area (Å²) in [4.78, 5) is 10.2. The molecular formula is C9H10N2O2. The normalized spacial score (nSPS) is 20.2. The quantitative estimate of drug-likeness (QED) is 0.525. The summed E-state index contributed by atoms with van der Waals surface area (Å²) >= 11 is 0. The van der Waals surface area contributed by atoms with Crippen LogP contribution >= 0.6 is 0 Å². The molecule has 1 N–H and O–H groups in total. The third-order valence-corrected chi connectivity index (χ3v) is 2.28. The van der Waals surface area contributed by atoms with Gasteiger partial charge in [-0.05, 0) is 18.1 Å². The number of nitrogens with one attached hydrogen (secondary N) is 1. The highest BCUT2D eigenvalue weighted by molar-refractivity contribution is 5.53. The summed E-state index contributed by atoms with van der Waals surface area (Å²) in [7, 11) is 0. The maximum absolute atomic E-state index is 10.5. The third-order valence-electron chi connectivity index (χ3n) is 2.28. The molecule has 0 fully saturated rings. The van der Waals surface area contributed by atoms with Crippen LogP contribution in [0.1, 0.15) is 12.0 Å². The zero-order valence-electron chi connectivity index (χ0n) is 7.06. The number of rotatable bonds is 1. The molecule has 0 saturated carbocycles. The molecule has 0 spiro atoms. The van der Waals surface area contributed by atoms with Crippen LogP contribution in [0.2, 0.25) is 0 Å². The predicted molar refractivity (Wildman–Crippen MR) is 49.2 cm³/mol. The second kappa shape index (κ2) is 3.05. The molecule has 4 heteroatoms. The number of para-hydroxylation sites is 1. The number of hydrogen-bond donors (Lipinski definition) is 1. The van der Waals surface area contributed by atoms with Gasteiger partial charge in [0.15, 0.2) is 0 Å². The molecule has 0 amide bonds. The van der Waals surface area contributed by atoms with Crippen LogP contribution < -0.4 is 5.32 Å². The van der Waals surface area contributed by atoms with Gasteiger partial charge < -0.3 is 5.32 Å². The highest BCUT2D eigenvalue weighted by Gasteiger charge is 2.24. The second-order valence-electron chi connectivity index (χ2n) is 3.14. The summed E-state index contributed by atoms with van der Waals surface area (Å²) in [5, 5.41) is 13.4. The first-order valence-corrected chi connectivity index (χ1v) is 4.25. The third kappa shape index (κ3) is 1.47. The van der Waals surface area contributed by atoms with Crippen molar-refractivity contribution in [3.63, 3.8) is 0 Å². The fourth-order valence-electron chi connectivity index (χ4n) is 1.58. The van der Waals surface area contributed by atoms with Gasteiger partial charge in [-0.1, -0.05) is 18.2 Å². The highest BCUT2D eigenvalue weighted by atomic mass is 16.6. The highest BCUT2D eigenvalue weighted by Crippen LogP contribution is 2.24. The van der Waals surface area contributed by atoms with Gasteiger partial charge in [0.05, 0.1) is 0 Å². The molecule has 0 saturated heterocycles. The molecule has 68 valence electrons. The summed E-state index contributed by atoms with van der Waals surface area (Å²) in [6.07, 6.45) is 0.744. The zero-order valence-corrected chi connectivity index (χ0v) is 7.06. The molecule has 1 aliphatic heterocycles. The maximum atomic E-state index is 10.5. The average Bonchev–Trinajstić information content (AvgIpc) is 2.17. The molecule has 0 radical (unpaired) electrons. The molecule has 1 aromatic carbocycles. The van der Waals surface area contributed by atoms with Crippen molar-refractivity contribution >= 4 is 5.69 Å². The van der Waals surface area contributed by atoms with E-state index in [1.165, 1.54) is 5.56 Å². The molecule has 0 bridgehead atoms. The lowest BCUT2D eigenvalue weighted by molar-refractivity contribution is -0.516. The molecule has 1 unspecified atom stereocenters. The lowest BCUT2D eigenvalue weighted by Crippen LogP contribution is -2.32. The summed E-state index contributed by atoms with van der Waals surface area (Å²) in [6.45, 7) is 0. The van der Waals surface area contributed by atoms with Gasteiger partial charge in [-0.3, -0.25) is 10.1 Å². The van der Waals surface area contributed by atoms with Gasteiger partial charge in [-0.2, -0.15) is 0 Å².